The fraction of sp³-hybridized carbons (Fsp3) is 0.400. The van der Waals surface area contributed by atoms with Crippen LogP contribution in [0.2, 0.25) is 5.02 Å². The Bertz CT molecular complexity index is 631. The summed E-state index contributed by atoms with van der Waals surface area (Å²) in [5.74, 6) is 1.45. The predicted molar refractivity (Wildman–Crippen MR) is 100 cm³/mol. The molecule has 0 fully saturated rings. The minimum Gasteiger partial charge on any atom is -0.493 e. The molecule has 2 rings (SSSR count). The van der Waals surface area contributed by atoms with Gasteiger partial charge in [-0.05, 0) is 38.3 Å². The molecule has 24 heavy (non-hydrogen) atoms. The number of ether oxygens (including phenoxy) is 2. The van der Waals surface area contributed by atoms with E-state index in [0.29, 0.717) is 30.0 Å². The van der Waals surface area contributed by atoms with E-state index >= 15 is 0 Å². The van der Waals surface area contributed by atoms with Crippen LogP contribution in [-0.2, 0) is 13.0 Å². The monoisotopic (exact) mass is 347 g/mol. The first kappa shape index (κ1) is 18.6. The summed E-state index contributed by atoms with van der Waals surface area (Å²) in [6, 6.07) is 14.7. The average molecular weight is 348 g/mol. The van der Waals surface area contributed by atoms with Crippen molar-refractivity contribution in [1.82, 2.24) is 5.32 Å². The van der Waals surface area contributed by atoms with Crippen LogP contribution in [0.5, 0.6) is 11.5 Å². The van der Waals surface area contributed by atoms with Crippen molar-refractivity contribution in [3.8, 4) is 11.5 Å². The van der Waals surface area contributed by atoms with Crippen molar-refractivity contribution in [2.24, 2.45) is 0 Å². The molecule has 130 valence electrons. The Balaban J connectivity index is 1.96. The normalized spacial score (nSPS) is 12.0. The largest absolute Gasteiger partial charge is 0.493 e. The fourth-order valence-electron chi connectivity index (χ4n) is 2.63. The van der Waals surface area contributed by atoms with E-state index in [-0.39, 0.29) is 0 Å². The molecule has 0 saturated heterocycles. The molecule has 0 bridgehead atoms. The lowest BCUT2D eigenvalue weighted by molar-refractivity contribution is 0.306. The third-order valence-electron chi connectivity index (χ3n) is 3.95. The Morgan fingerprint density at radius 2 is 1.92 bits per heavy atom. The Morgan fingerprint density at radius 1 is 1.17 bits per heavy atom. The summed E-state index contributed by atoms with van der Waals surface area (Å²) >= 11 is 6.19. The zero-order chi connectivity index (χ0) is 17.4. The highest BCUT2D eigenvalue weighted by atomic mass is 35.5. The van der Waals surface area contributed by atoms with Gasteiger partial charge in [-0.25, -0.2) is 0 Å². The Morgan fingerprint density at radius 3 is 2.58 bits per heavy atom. The molecule has 1 N–H and O–H groups in total. The maximum Gasteiger partial charge on any atom is 0.165 e. The van der Waals surface area contributed by atoms with Crippen molar-refractivity contribution in [3.63, 3.8) is 0 Å². The van der Waals surface area contributed by atoms with Gasteiger partial charge in [-0.1, -0.05) is 41.9 Å². The molecule has 3 nitrogen and oxygen atoms in total. The average Bonchev–Trinajstić information content (AvgIpc) is 2.60. The van der Waals surface area contributed by atoms with Crippen molar-refractivity contribution in [1.29, 1.82) is 0 Å². The van der Waals surface area contributed by atoms with Gasteiger partial charge < -0.3 is 14.8 Å². The molecule has 0 spiro atoms. The quantitative estimate of drug-likeness (QED) is 0.702. The zero-order valence-corrected chi connectivity index (χ0v) is 15.4. The molecule has 4 heteroatoms. The van der Waals surface area contributed by atoms with Gasteiger partial charge in [0.15, 0.2) is 11.5 Å². The molecule has 0 heterocycles. The summed E-state index contributed by atoms with van der Waals surface area (Å²) in [6.07, 6.45) is 2.14. The highest BCUT2D eigenvalue weighted by Crippen LogP contribution is 2.34. The first-order valence-corrected chi connectivity index (χ1v) is 8.78. The number of methoxy groups -OCH3 is 1. The Kier molecular flexibility index (Phi) is 7.41. The van der Waals surface area contributed by atoms with Gasteiger partial charge in [0.05, 0.1) is 13.7 Å². The molecule has 0 aliphatic rings. The molecule has 0 radical (unpaired) electrons. The van der Waals surface area contributed by atoms with E-state index in [0.717, 1.165) is 24.2 Å². The highest BCUT2D eigenvalue weighted by molar-refractivity contribution is 6.30. The van der Waals surface area contributed by atoms with E-state index in [4.69, 9.17) is 21.1 Å². The molecule has 0 aliphatic heterocycles. The van der Waals surface area contributed by atoms with Crippen molar-refractivity contribution in [3.05, 3.63) is 58.6 Å². The second-order valence-corrected chi connectivity index (χ2v) is 6.27. The summed E-state index contributed by atoms with van der Waals surface area (Å²) in [4.78, 5) is 0. The van der Waals surface area contributed by atoms with Gasteiger partial charge >= 0.3 is 0 Å². The van der Waals surface area contributed by atoms with Gasteiger partial charge in [-0.3, -0.25) is 0 Å². The molecule has 0 amide bonds. The second-order valence-electron chi connectivity index (χ2n) is 5.84. The van der Waals surface area contributed by atoms with Crippen molar-refractivity contribution in [2.45, 2.75) is 39.3 Å². The van der Waals surface area contributed by atoms with Crippen LogP contribution in [0.25, 0.3) is 0 Å². The van der Waals surface area contributed by atoms with E-state index in [9.17, 15) is 0 Å². The van der Waals surface area contributed by atoms with Crippen molar-refractivity contribution in [2.75, 3.05) is 13.7 Å². The van der Waals surface area contributed by atoms with Gasteiger partial charge in [0, 0.05) is 29.2 Å². The Labute approximate surface area is 149 Å². The smallest absolute Gasteiger partial charge is 0.165 e. The number of rotatable bonds is 9. The first-order valence-electron chi connectivity index (χ1n) is 8.40. The summed E-state index contributed by atoms with van der Waals surface area (Å²) in [6.45, 7) is 5.45. The lowest BCUT2D eigenvalue weighted by atomic mass is 10.1. The summed E-state index contributed by atoms with van der Waals surface area (Å²) < 4.78 is 11.1. The molecule has 0 aromatic heterocycles. The molecule has 2 aromatic rings. The fourth-order valence-corrected chi connectivity index (χ4v) is 2.86. The second kappa shape index (κ2) is 9.55. The molecule has 1 atom stereocenters. The lowest BCUT2D eigenvalue weighted by Gasteiger charge is -2.18. The van der Waals surface area contributed by atoms with Gasteiger partial charge in [0.1, 0.15) is 0 Å². The number of benzene rings is 2. The molecule has 0 unspecified atom stereocenters. The molecular weight excluding hydrogens is 322 g/mol. The standard InChI is InChI=1S/C20H26ClNO2/c1-4-24-20-17(12-18(21)13-19(20)23-3)14-22-15(2)10-11-16-8-6-5-7-9-16/h5-9,12-13,15,22H,4,10-11,14H2,1-3H3/t15-/m0/s1. The summed E-state index contributed by atoms with van der Waals surface area (Å²) in [7, 11) is 1.63. The van der Waals surface area contributed by atoms with E-state index in [2.05, 4.69) is 36.5 Å². The van der Waals surface area contributed by atoms with Crippen LogP contribution in [0.4, 0.5) is 0 Å². The zero-order valence-electron chi connectivity index (χ0n) is 14.6. The van der Waals surface area contributed by atoms with Crippen LogP contribution < -0.4 is 14.8 Å². The summed E-state index contributed by atoms with van der Waals surface area (Å²) in [5.41, 5.74) is 2.39. The summed E-state index contributed by atoms with van der Waals surface area (Å²) in [5, 5.41) is 4.21. The third kappa shape index (κ3) is 5.43. The third-order valence-corrected chi connectivity index (χ3v) is 4.17. The molecule has 0 saturated carbocycles. The van der Waals surface area contributed by atoms with E-state index in [1.807, 2.05) is 19.1 Å². The van der Waals surface area contributed by atoms with Crippen LogP contribution in [-0.4, -0.2) is 19.8 Å². The highest BCUT2D eigenvalue weighted by Gasteiger charge is 2.13. The minimum absolute atomic E-state index is 0.393. The van der Waals surface area contributed by atoms with Gasteiger partial charge in [0.2, 0.25) is 0 Å². The van der Waals surface area contributed by atoms with Crippen LogP contribution >= 0.6 is 11.6 Å². The number of nitrogens with one attached hydrogen (secondary N) is 1. The number of hydrogen-bond donors (Lipinski definition) is 1. The Hall–Kier alpha value is -1.71. The maximum absolute atomic E-state index is 6.19. The SMILES string of the molecule is CCOc1c(CN[C@@H](C)CCc2ccccc2)cc(Cl)cc1OC. The molecular formula is C20H26ClNO2. The van der Waals surface area contributed by atoms with Crippen LogP contribution in [0, 0.1) is 0 Å². The predicted octanol–water partition coefficient (Wildman–Crippen LogP) is 4.86. The van der Waals surface area contributed by atoms with E-state index < -0.39 is 0 Å². The van der Waals surface area contributed by atoms with Crippen molar-refractivity contribution < 1.29 is 9.47 Å². The first-order chi connectivity index (χ1) is 11.6. The number of aryl methyl sites for hydroxylation is 1. The minimum atomic E-state index is 0.393. The maximum atomic E-state index is 6.19. The lowest BCUT2D eigenvalue weighted by Crippen LogP contribution is -2.26. The molecule has 2 aromatic carbocycles. The number of hydrogen-bond acceptors (Lipinski definition) is 3. The van der Waals surface area contributed by atoms with E-state index in [1.54, 1.807) is 13.2 Å². The van der Waals surface area contributed by atoms with Crippen LogP contribution in [0.3, 0.4) is 0 Å². The molecule has 0 aliphatic carbocycles. The van der Waals surface area contributed by atoms with Gasteiger partial charge in [0.25, 0.3) is 0 Å². The van der Waals surface area contributed by atoms with Gasteiger partial charge in [-0.15, -0.1) is 0 Å². The van der Waals surface area contributed by atoms with Crippen LogP contribution in [0.15, 0.2) is 42.5 Å². The number of halogens is 1. The topological polar surface area (TPSA) is 30.5 Å². The van der Waals surface area contributed by atoms with Gasteiger partial charge in [-0.2, -0.15) is 0 Å². The van der Waals surface area contributed by atoms with Crippen molar-refractivity contribution >= 4 is 11.6 Å². The van der Waals surface area contributed by atoms with E-state index in [1.165, 1.54) is 5.56 Å². The van der Waals surface area contributed by atoms with Crippen LogP contribution in [0.1, 0.15) is 31.4 Å².